The van der Waals surface area contributed by atoms with E-state index in [1.165, 1.54) is 0 Å². The third-order valence-corrected chi connectivity index (χ3v) is 5.19. The average molecular weight is 263 g/mol. The number of hydrogen-bond donors (Lipinski definition) is 1. The minimum atomic E-state index is -3.12. The zero-order valence-electron chi connectivity index (χ0n) is 9.80. The molecule has 1 aromatic heterocycles. The highest BCUT2D eigenvalue weighted by atomic mass is 32.1. The van der Waals surface area contributed by atoms with Gasteiger partial charge in [-0.25, -0.2) is 0 Å². The summed E-state index contributed by atoms with van der Waals surface area (Å²) in [5.41, 5.74) is 0.942. The van der Waals surface area contributed by atoms with Gasteiger partial charge in [0, 0.05) is 0 Å². The van der Waals surface area contributed by atoms with E-state index < -0.39 is 13.4 Å². The van der Waals surface area contributed by atoms with Gasteiger partial charge in [-0.1, -0.05) is 0 Å². The molecule has 16 heavy (non-hydrogen) atoms. The van der Waals surface area contributed by atoms with Gasteiger partial charge in [0.15, 0.2) is 0 Å². The molecule has 0 aliphatic carbocycles. The first kappa shape index (κ1) is 13.9. The molecule has 1 rings (SSSR count). The van der Waals surface area contributed by atoms with E-state index in [0.717, 1.165) is 5.56 Å². The van der Waals surface area contributed by atoms with Crippen molar-refractivity contribution in [1.82, 2.24) is 5.32 Å². The van der Waals surface area contributed by atoms with Crippen molar-refractivity contribution >= 4 is 18.9 Å². The molecule has 0 saturated carbocycles. The molecule has 0 spiro atoms. The normalized spacial score (nSPS) is 13.9. The van der Waals surface area contributed by atoms with E-state index in [9.17, 15) is 4.57 Å². The lowest BCUT2D eigenvalue weighted by atomic mass is 10.3. The van der Waals surface area contributed by atoms with E-state index >= 15 is 0 Å². The van der Waals surface area contributed by atoms with Crippen molar-refractivity contribution in [3.63, 3.8) is 0 Å². The predicted octanol–water partition coefficient (Wildman–Crippen LogP) is 3.23. The van der Waals surface area contributed by atoms with Crippen LogP contribution in [0, 0.1) is 0 Å². The van der Waals surface area contributed by atoms with E-state index in [2.05, 4.69) is 5.32 Å². The summed E-state index contributed by atoms with van der Waals surface area (Å²) in [6, 6.07) is 1.93. The van der Waals surface area contributed by atoms with E-state index in [-0.39, 0.29) is 0 Å². The quantitative estimate of drug-likeness (QED) is 0.767. The number of nitrogens with one attached hydrogen (secondary N) is 1. The van der Waals surface area contributed by atoms with Crippen molar-refractivity contribution in [2.45, 2.75) is 19.6 Å². The maximum atomic E-state index is 12.5. The Morgan fingerprint density at radius 3 is 2.44 bits per heavy atom. The Labute approximate surface area is 101 Å². The Bertz CT molecular complexity index is 332. The Morgan fingerprint density at radius 1 is 1.44 bits per heavy atom. The van der Waals surface area contributed by atoms with Crippen LogP contribution in [0.5, 0.6) is 0 Å². The highest BCUT2D eigenvalue weighted by Gasteiger charge is 2.35. The summed E-state index contributed by atoms with van der Waals surface area (Å²) in [6.45, 7) is 4.37. The molecule has 1 N–H and O–H groups in total. The molecular weight excluding hydrogens is 245 g/mol. The van der Waals surface area contributed by atoms with Gasteiger partial charge in [0.05, 0.1) is 13.2 Å². The first-order chi connectivity index (χ1) is 7.68. The summed E-state index contributed by atoms with van der Waals surface area (Å²) in [5.74, 6) is -0.390. The molecule has 0 bridgehead atoms. The third-order valence-electron chi connectivity index (χ3n) is 2.07. The summed E-state index contributed by atoms with van der Waals surface area (Å²) in [6.07, 6.45) is 0. The van der Waals surface area contributed by atoms with Gasteiger partial charge in [0.1, 0.15) is 5.78 Å². The first-order valence-corrected chi connectivity index (χ1v) is 7.81. The number of thiophene rings is 1. The lowest BCUT2D eigenvalue weighted by Gasteiger charge is -2.25. The van der Waals surface area contributed by atoms with Crippen LogP contribution >= 0.6 is 18.9 Å². The predicted molar refractivity (Wildman–Crippen MR) is 67.0 cm³/mol. The highest BCUT2D eigenvalue weighted by molar-refractivity contribution is 7.54. The van der Waals surface area contributed by atoms with Crippen molar-refractivity contribution < 1.29 is 13.6 Å². The van der Waals surface area contributed by atoms with Gasteiger partial charge >= 0.3 is 7.60 Å². The van der Waals surface area contributed by atoms with Gasteiger partial charge in [0.25, 0.3) is 0 Å². The van der Waals surface area contributed by atoms with Crippen LogP contribution in [0.15, 0.2) is 16.8 Å². The molecule has 0 fully saturated rings. The summed E-state index contributed by atoms with van der Waals surface area (Å²) >= 11 is 1.56. The van der Waals surface area contributed by atoms with Crippen LogP contribution in [0.4, 0.5) is 0 Å². The zero-order chi connectivity index (χ0) is 12.0. The van der Waals surface area contributed by atoms with E-state index in [1.807, 2.05) is 30.7 Å². The minimum Gasteiger partial charge on any atom is -0.308 e. The van der Waals surface area contributed by atoms with Crippen LogP contribution in [0.25, 0.3) is 0 Å². The van der Waals surface area contributed by atoms with Gasteiger partial charge in [0.2, 0.25) is 0 Å². The summed E-state index contributed by atoms with van der Waals surface area (Å²) < 4.78 is 23.2. The molecule has 1 unspecified atom stereocenters. The molecule has 1 aromatic rings. The van der Waals surface area contributed by atoms with Crippen LogP contribution in [0.3, 0.4) is 0 Å². The molecule has 1 heterocycles. The average Bonchev–Trinajstić information content (AvgIpc) is 2.72. The SMILES string of the molecule is CCOP(=O)(OCC)C(NC)c1ccsc1. The maximum absolute atomic E-state index is 12.5. The largest absolute Gasteiger partial charge is 0.351 e. The van der Waals surface area contributed by atoms with E-state index in [4.69, 9.17) is 9.05 Å². The fourth-order valence-corrected chi connectivity index (χ4v) is 4.21. The summed E-state index contributed by atoms with van der Waals surface area (Å²) in [4.78, 5) is 0. The second-order valence-corrected chi connectivity index (χ2v) is 6.02. The smallest absolute Gasteiger partial charge is 0.308 e. The molecule has 0 aliphatic rings. The van der Waals surface area contributed by atoms with Gasteiger partial charge in [-0.05, 0) is 43.3 Å². The third kappa shape index (κ3) is 3.15. The van der Waals surface area contributed by atoms with Crippen LogP contribution in [0.2, 0.25) is 0 Å². The van der Waals surface area contributed by atoms with Crippen LogP contribution in [0.1, 0.15) is 25.2 Å². The molecule has 0 aromatic carbocycles. The van der Waals surface area contributed by atoms with Crippen molar-refractivity contribution in [2.75, 3.05) is 20.3 Å². The second kappa shape index (κ2) is 6.52. The molecule has 0 saturated heterocycles. The molecule has 4 nitrogen and oxygen atoms in total. The Morgan fingerprint density at radius 2 is 2.06 bits per heavy atom. The lowest BCUT2D eigenvalue weighted by Crippen LogP contribution is -2.19. The Balaban J connectivity index is 2.94. The molecule has 0 aliphatic heterocycles. The standard InChI is InChI=1S/C10H18NO3PS/c1-4-13-15(12,14-5-2)10(11-3)9-6-7-16-8-9/h6-8,10-11H,4-5H2,1-3H3. The van der Waals surface area contributed by atoms with Crippen LogP contribution < -0.4 is 5.32 Å². The summed E-state index contributed by atoms with van der Waals surface area (Å²) in [5, 5.41) is 6.90. The minimum absolute atomic E-state index is 0.375. The van der Waals surface area contributed by atoms with Gasteiger partial charge in [-0.2, -0.15) is 11.3 Å². The van der Waals surface area contributed by atoms with Gasteiger partial charge in [-0.15, -0.1) is 0 Å². The van der Waals surface area contributed by atoms with Gasteiger partial charge in [-0.3, -0.25) is 4.57 Å². The maximum Gasteiger partial charge on any atom is 0.351 e. The van der Waals surface area contributed by atoms with Crippen LogP contribution in [-0.4, -0.2) is 20.3 Å². The van der Waals surface area contributed by atoms with Crippen molar-refractivity contribution in [3.05, 3.63) is 22.4 Å². The molecule has 0 amide bonds. The van der Waals surface area contributed by atoms with Crippen molar-refractivity contribution in [3.8, 4) is 0 Å². The molecule has 6 heteroatoms. The highest BCUT2D eigenvalue weighted by Crippen LogP contribution is 2.59. The Kier molecular flexibility index (Phi) is 5.66. The van der Waals surface area contributed by atoms with Crippen LogP contribution in [-0.2, 0) is 13.6 Å². The Hall–Kier alpha value is -0.190. The lowest BCUT2D eigenvalue weighted by molar-refractivity contribution is 0.209. The summed E-state index contributed by atoms with van der Waals surface area (Å²) in [7, 11) is -1.37. The second-order valence-electron chi connectivity index (χ2n) is 3.12. The number of hydrogen-bond acceptors (Lipinski definition) is 5. The fourth-order valence-electron chi connectivity index (χ4n) is 1.48. The molecule has 1 atom stereocenters. The van der Waals surface area contributed by atoms with E-state index in [1.54, 1.807) is 18.4 Å². The van der Waals surface area contributed by atoms with Gasteiger partial charge < -0.3 is 14.4 Å². The van der Waals surface area contributed by atoms with Crippen molar-refractivity contribution in [2.24, 2.45) is 0 Å². The zero-order valence-corrected chi connectivity index (χ0v) is 11.5. The number of rotatable bonds is 7. The first-order valence-electron chi connectivity index (χ1n) is 5.26. The molecular formula is C10H18NO3PS. The fraction of sp³-hybridized carbons (Fsp3) is 0.600. The van der Waals surface area contributed by atoms with Crippen molar-refractivity contribution in [1.29, 1.82) is 0 Å². The molecule has 92 valence electrons. The van der Waals surface area contributed by atoms with E-state index in [0.29, 0.717) is 13.2 Å². The topological polar surface area (TPSA) is 47.6 Å². The monoisotopic (exact) mass is 263 g/mol. The molecule has 0 radical (unpaired) electrons.